The SMILES string of the molecule is O=c1c([N+](=O)[O-])c(NCCOC2CCCCCC2)nc2ccccn12. The number of nitro groups is 1. The van der Waals surface area contributed by atoms with Gasteiger partial charge in [0.1, 0.15) is 5.65 Å². The Hall–Kier alpha value is -2.48. The second kappa shape index (κ2) is 8.06. The molecule has 0 atom stereocenters. The van der Waals surface area contributed by atoms with E-state index in [1.54, 1.807) is 18.2 Å². The molecule has 8 heteroatoms. The summed E-state index contributed by atoms with van der Waals surface area (Å²) < 4.78 is 7.03. The van der Waals surface area contributed by atoms with Crippen molar-refractivity contribution in [1.82, 2.24) is 9.38 Å². The molecular weight excluding hydrogens is 324 g/mol. The van der Waals surface area contributed by atoms with Gasteiger partial charge in [-0.05, 0) is 25.0 Å². The van der Waals surface area contributed by atoms with Crippen molar-refractivity contribution in [3.63, 3.8) is 0 Å². The van der Waals surface area contributed by atoms with Crippen LogP contribution in [0.1, 0.15) is 38.5 Å². The van der Waals surface area contributed by atoms with E-state index in [-0.39, 0.29) is 11.9 Å². The van der Waals surface area contributed by atoms with Crippen molar-refractivity contribution >= 4 is 17.2 Å². The topological polar surface area (TPSA) is 98.8 Å². The van der Waals surface area contributed by atoms with Crippen molar-refractivity contribution in [2.75, 3.05) is 18.5 Å². The van der Waals surface area contributed by atoms with E-state index in [0.717, 1.165) is 12.8 Å². The summed E-state index contributed by atoms with van der Waals surface area (Å²) in [5.74, 6) is -0.00864. The lowest BCUT2D eigenvalue weighted by Crippen LogP contribution is -2.23. The monoisotopic (exact) mass is 346 g/mol. The molecule has 2 aromatic heterocycles. The minimum absolute atomic E-state index is 0.00864. The number of nitrogens with one attached hydrogen (secondary N) is 1. The zero-order valence-corrected chi connectivity index (χ0v) is 14.0. The van der Waals surface area contributed by atoms with Crippen LogP contribution in [0.2, 0.25) is 0 Å². The standard InChI is InChI=1S/C17H22N4O4/c22-17-15(21(23)24)16(19-14-9-5-6-11-20(14)17)18-10-12-25-13-7-3-1-2-4-8-13/h5-6,9,11,13,18H,1-4,7-8,10,12H2. The number of anilines is 1. The van der Waals surface area contributed by atoms with Crippen LogP contribution in [-0.4, -0.2) is 33.6 Å². The molecular formula is C17H22N4O4. The molecule has 1 N–H and O–H groups in total. The summed E-state index contributed by atoms with van der Waals surface area (Å²) in [4.78, 5) is 27.1. The Kier molecular flexibility index (Phi) is 5.60. The van der Waals surface area contributed by atoms with Gasteiger partial charge in [-0.2, -0.15) is 0 Å². The van der Waals surface area contributed by atoms with Crippen LogP contribution in [0, 0.1) is 10.1 Å². The average molecular weight is 346 g/mol. The normalized spacial score (nSPS) is 15.8. The van der Waals surface area contributed by atoms with Gasteiger partial charge in [0.2, 0.25) is 5.82 Å². The molecule has 25 heavy (non-hydrogen) atoms. The average Bonchev–Trinajstić information content (AvgIpc) is 2.87. The largest absolute Gasteiger partial charge is 0.376 e. The first-order valence-corrected chi connectivity index (χ1v) is 8.68. The van der Waals surface area contributed by atoms with E-state index in [0.29, 0.717) is 18.8 Å². The van der Waals surface area contributed by atoms with Gasteiger partial charge in [0.05, 0.1) is 17.6 Å². The van der Waals surface area contributed by atoms with Crippen LogP contribution in [0.4, 0.5) is 11.5 Å². The maximum absolute atomic E-state index is 12.3. The molecule has 0 unspecified atom stereocenters. The van der Waals surface area contributed by atoms with E-state index >= 15 is 0 Å². The van der Waals surface area contributed by atoms with Crippen LogP contribution in [-0.2, 0) is 4.74 Å². The minimum atomic E-state index is -0.692. The summed E-state index contributed by atoms with van der Waals surface area (Å²) in [6.07, 6.45) is 8.75. The predicted molar refractivity (Wildman–Crippen MR) is 94.0 cm³/mol. The Bertz CT molecular complexity index is 797. The van der Waals surface area contributed by atoms with Crippen LogP contribution < -0.4 is 10.9 Å². The van der Waals surface area contributed by atoms with Crippen molar-refractivity contribution in [1.29, 1.82) is 0 Å². The third kappa shape index (κ3) is 4.14. The maximum Gasteiger partial charge on any atom is 0.376 e. The molecule has 134 valence electrons. The van der Waals surface area contributed by atoms with E-state index in [4.69, 9.17) is 4.74 Å². The van der Waals surface area contributed by atoms with Crippen molar-refractivity contribution in [2.45, 2.75) is 44.6 Å². The fourth-order valence-electron chi connectivity index (χ4n) is 3.17. The van der Waals surface area contributed by atoms with Crippen LogP contribution in [0.25, 0.3) is 5.65 Å². The summed E-state index contributed by atoms with van der Waals surface area (Å²) in [6, 6.07) is 5.00. The summed E-state index contributed by atoms with van der Waals surface area (Å²) in [5, 5.41) is 14.2. The van der Waals surface area contributed by atoms with E-state index in [1.165, 1.54) is 36.3 Å². The zero-order valence-electron chi connectivity index (χ0n) is 14.0. The van der Waals surface area contributed by atoms with Crippen molar-refractivity contribution in [3.05, 3.63) is 44.9 Å². The number of rotatable bonds is 6. The van der Waals surface area contributed by atoms with E-state index < -0.39 is 16.2 Å². The molecule has 0 bridgehead atoms. The molecule has 0 aliphatic heterocycles. The molecule has 2 aromatic rings. The molecule has 1 saturated carbocycles. The number of aromatic nitrogens is 2. The molecule has 0 amide bonds. The summed E-state index contributed by atoms with van der Waals surface area (Å²) >= 11 is 0. The fourth-order valence-corrected chi connectivity index (χ4v) is 3.17. The molecule has 8 nitrogen and oxygen atoms in total. The molecule has 0 saturated heterocycles. The molecule has 0 radical (unpaired) electrons. The molecule has 1 fully saturated rings. The van der Waals surface area contributed by atoms with Crippen LogP contribution in [0.15, 0.2) is 29.2 Å². The Morgan fingerprint density at radius 3 is 2.76 bits per heavy atom. The second-order valence-electron chi connectivity index (χ2n) is 6.21. The Labute approximate surface area is 145 Å². The number of fused-ring (bicyclic) bond motifs is 1. The van der Waals surface area contributed by atoms with Crippen molar-refractivity contribution in [3.8, 4) is 0 Å². The Morgan fingerprint density at radius 1 is 1.28 bits per heavy atom. The lowest BCUT2D eigenvalue weighted by atomic mass is 10.1. The van der Waals surface area contributed by atoms with Gasteiger partial charge in [-0.1, -0.05) is 31.7 Å². The van der Waals surface area contributed by atoms with Crippen LogP contribution in [0.5, 0.6) is 0 Å². The van der Waals surface area contributed by atoms with Gasteiger partial charge in [0.25, 0.3) is 0 Å². The highest BCUT2D eigenvalue weighted by atomic mass is 16.6. The first-order chi connectivity index (χ1) is 12.2. The number of hydrogen-bond acceptors (Lipinski definition) is 6. The first kappa shape index (κ1) is 17.3. The van der Waals surface area contributed by atoms with Gasteiger partial charge < -0.3 is 10.1 Å². The van der Waals surface area contributed by atoms with E-state index in [1.807, 2.05) is 0 Å². The Morgan fingerprint density at radius 2 is 2.04 bits per heavy atom. The van der Waals surface area contributed by atoms with Gasteiger partial charge in [0, 0.05) is 12.7 Å². The highest BCUT2D eigenvalue weighted by molar-refractivity contribution is 5.59. The third-order valence-corrected chi connectivity index (χ3v) is 4.44. The van der Waals surface area contributed by atoms with Crippen LogP contribution >= 0.6 is 0 Å². The van der Waals surface area contributed by atoms with E-state index in [2.05, 4.69) is 10.3 Å². The lowest BCUT2D eigenvalue weighted by molar-refractivity contribution is -0.385. The highest BCUT2D eigenvalue weighted by Crippen LogP contribution is 2.20. The van der Waals surface area contributed by atoms with E-state index in [9.17, 15) is 14.9 Å². The van der Waals surface area contributed by atoms with Gasteiger partial charge in [-0.15, -0.1) is 0 Å². The van der Waals surface area contributed by atoms with Crippen molar-refractivity contribution in [2.24, 2.45) is 0 Å². The summed E-state index contributed by atoms with van der Waals surface area (Å²) in [6.45, 7) is 0.796. The quantitative estimate of drug-likeness (QED) is 0.374. The molecule has 3 rings (SSSR count). The number of pyridine rings is 1. The highest BCUT2D eigenvalue weighted by Gasteiger charge is 2.23. The Balaban J connectivity index is 1.69. The third-order valence-electron chi connectivity index (χ3n) is 4.44. The fraction of sp³-hybridized carbons (Fsp3) is 0.529. The number of ether oxygens (including phenoxy) is 1. The lowest BCUT2D eigenvalue weighted by Gasteiger charge is -2.15. The van der Waals surface area contributed by atoms with Gasteiger partial charge in [0.15, 0.2) is 0 Å². The number of hydrogen-bond donors (Lipinski definition) is 1. The summed E-state index contributed by atoms with van der Waals surface area (Å²) in [7, 11) is 0. The minimum Gasteiger partial charge on any atom is -0.376 e. The molecule has 2 heterocycles. The smallest absolute Gasteiger partial charge is 0.376 e. The molecule has 1 aliphatic rings. The maximum atomic E-state index is 12.3. The second-order valence-corrected chi connectivity index (χ2v) is 6.21. The summed E-state index contributed by atoms with van der Waals surface area (Å²) in [5.41, 5.74) is -0.869. The molecule has 0 spiro atoms. The van der Waals surface area contributed by atoms with Gasteiger partial charge in [-0.3, -0.25) is 19.3 Å². The molecule has 1 aliphatic carbocycles. The zero-order chi connectivity index (χ0) is 17.6. The van der Waals surface area contributed by atoms with Crippen LogP contribution in [0.3, 0.4) is 0 Å². The predicted octanol–water partition coefficient (Wildman–Crippen LogP) is 2.75. The number of nitrogens with zero attached hydrogens (tertiary/aromatic N) is 3. The van der Waals surface area contributed by atoms with Gasteiger partial charge in [-0.25, -0.2) is 4.98 Å². The molecule has 0 aromatic carbocycles. The van der Waals surface area contributed by atoms with Crippen molar-refractivity contribution < 1.29 is 9.66 Å². The first-order valence-electron chi connectivity index (χ1n) is 8.68. The van der Waals surface area contributed by atoms with Gasteiger partial charge >= 0.3 is 11.2 Å².